The second kappa shape index (κ2) is 8.81. The van der Waals surface area contributed by atoms with Crippen LogP contribution in [0.2, 0.25) is 0 Å². The number of carbonyl (C=O) groups is 2. The molecule has 6 nitrogen and oxygen atoms in total. The smallest absolute Gasteiger partial charge is 0.309 e. The molecule has 1 amide bonds. The lowest BCUT2D eigenvalue weighted by Gasteiger charge is -2.27. The third kappa shape index (κ3) is 5.57. The Morgan fingerprint density at radius 1 is 1.38 bits per heavy atom. The molecule has 0 spiro atoms. The van der Waals surface area contributed by atoms with Crippen LogP contribution in [0.5, 0.6) is 0 Å². The first kappa shape index (κ1) is 19.9. The minimum absolute atomic E-state index is 0.125. The Kier molecular flexibility index (Phi) is 6.76. The molecule has 6 heteroatoms. The summed E-state index contributed by atoms with van der Waals surface area (Å²) in [7, 11) is 1.36. The van der Waals surface area contributed by atoms with Gasteiger partial charge in [0.1, 0.15) is 5.54 Å². The van der Waals surface area contributed by atoms with E-state index in [-0.39, 0.29) is 30.3 Å². The molecular weight excluding hydrogens is 330 g/mol. The van der Waals surface area contributed by atoms with Crippen molar-refractivity contribution in [3.63, 3.8) is 0 Å². The molecule has 2 atom stereocenters. The van der Waals surface area contributed by atoms with Crippen molar-refractivity contribution in [2.24, 2.45) is 11.8 Å². The second-order valence-corrected chi connectivity index (χ2v) is 7.22. The maximum absolute atomic E-state index is 12.6. The normalized spacial score (nSPS) is 17.0. The SMILES string of the molecule is COC(=O)[C@@H](C)CN(CC(=O)N[C@](C)(C#N)C1CC1)Cc1ccccc1. The van der Waals surface area contributed by atoms with Gasteiger partial charge in [0, 0.05) is 13.1 Å². The molecule has 1 saturated carbocycles. The monoisotopic (exact) mass is 357 g/mol. The van der Waals surface area contributed by atoms with E-state index in [0.717, 1.165) is 18.4 Å². The molecule has 0 radical (unpaired) electrons. The first-order chi connectivity index (χ1) is 12.4. The highest BCUT2D eigenvalue weighted by molar-refractivity contribution is 5.79. The van der Waals surface area contributed by atoms with Crippen molar-refractivity contribution in [3.05, 3.63) is 35.9 Å². The summed E-state index contributed by atoms with van der Waals surface area (Å²) in [6, 6.07) is 12.0. The number of benzene rings is 1. The van der Waals surface area contributed by atoms with Crippen molar-refractivity contribution in [2.75, 3.05) is 20.2 Å². The highest BCUT2D eigenvalue weighted by Crippen LogP contribution is 2.39. The van der Waals surface area contributed by atoms with Gasteiger partial charge in [-0.1, -0.05) is 37.3 Å². The quantitative estimate of drug-likeness (QED) is 0.685. The number of hydrogen-bond donors (Lipinski definition) is 1. The van der Waals surface area contributed by atoms with Gasteiger partial charge < -0.3 is 10.1 Å². The predicted octanol–water partition coefficient (Wildman–Crippen LogP) is 2.11. The molecule has 0 aromatic heterocycles. The summed E-state index contributed by atoms with van der Waals surface area (Å²) >= 11 is 0. The molecule has 0 heterocycles. The zero-order valence-corrected chi connectivity index (χ0v) is 15.7. The lowest BCUT2D eigenvalue weighted by Crippen LogP contribution is -2.50. The summed E-state index contributed by atoms with van der Waals surface area (Å²) in [4.78, 5) is 26.2. The molecule has 0 saturated heterocycles. The first-order valence-electron chi connectivity index (χ1n) is 8.94. The Morgan fingerprint density at radius 3 is 2.58 bits per heavy atom. The minimum atomic E-state index is -0.816. The van der Waals surface area contributed by atoms with Gasteiger partial charge in [0.15, 0.2) is 0 Å². The number of rotatable bonds is 9. The van der Waals surface area contributed by atoms with Crippen LogP contribution in [-0.2, 0) is 20.9 Å². The second-order valence-electron chi connectivity index (χ2n) is 7.22. The molecule has 1 aliphatic carbocycles. The minimum Gasteiger partial charge on any atom is -0.469 e. The van der Waals surface area contributed by atoms with Crippen molar-refractivity contribution in [3.8, 4) is 6.07 Å². The number of esters is 1. The summed E-state index contributed by atoms with van der Waals surface area (Å²) in [6.07, 6.45) is 1.94. The number of nitriles is 1. The Labute approximate surface area is 155 Å². The largest absolute Gasteiger partial charge is 0.469 e. The highest BCUT2D eigenvalue weighted by atomic mass is 16.5. The highest BCUT2D eigenvalue weighted by Gasteiger charge is 2.43. The predicted molar refractivity (Wildman–Crippen MR) is 97.8 cm³/mol. The number of methoxy groups -OCH3 is 1. The van der Waals surface area contributed by atoms with E-state index in [9.17, 15) is 14.9 Å². The summed E-state index contributed by atoms with van der Waals surface area (Å²) in [5, 5.41) is 12.3. The lowest BCUT2D eigenvalue weighted by molar-refractivity contribution is -0.146. The number of amides is 1. The van der Waals surface area contributed by atoms with Crippen molar-refractivity contribution in [1.29, 1.82) is 5.26 Å². The van der Waals surface area contributed by atoms with E-state index in [0.29, 0.717) is 13.1 Å². The Morgan fingerprint density at radius 2 is 2.04 bits per heavy atom. The van der Waals surface area contributed by atoms with Gasteiger partial charge in [-0.25, -0.2) is 0 Å². The van der Waals surface area contributed by atoms with Gasteiger partial charge in [0.05, 0.1) is 25.6 Å². The van der Waals surface area contributed by atoms with Gasteiger partial charge in [-0.3, -0.25) is 14.5 Å². The summed E-state index contributed by atoms with van der Waals surface area (Å²) in [5.41, 5.74) is 0.242. The van der Waals surface area contributed by atoms with Crippen molar-refractivity contribution < 1.29 is 14.3 Å². The number of hydrogen-bond acceptors (Lipinski definition) is 5. The fourth-order valence-electron chi connectivity index (χ4n) is 3.10. The van der Waals surface area contributed by atoms with Gasteiger partial charge in [0.25, 0.3) is 0 Å². The van der Waals surface area contributed by atoms with E-state index in [1.54, 1.807) is 13.8 Å². The third-order valence-electron chi connectivity index (χ3n) is 4.78. The molecule has 0 bridgehead atoms. The van der Waals surface area contributed by atoms with Gasteiger partial charge in [-0.05, 0) is 31.2 Å². The average molecular weight is 357 g/mol. The topological polar surface area (TPSA) is 82.4 Å². The molecular formula is C20H27N3O3. The van der Waals surface area contributed by atoms with E-state index in [2.05, 4.69) is 11.4 Å². The maximum atomic E-state index is 12.6. The fourth-order valence-corrected chi connectivity index (χ4v) is 3.10. The van der Waals surface area contributed by atoms with Crippen molar-refractivity contribution >= 4 is 11.9 Å². The van der Waals surface area contributed by atoms with Crippen LogP contribution in [0.25, 0.3) is 0 Å². The van der Waals surface area contributed by atoms with E-state index >= 15 is 0 Å². The average Bonchev–Trinajstić information content (AvgIpc) is 3.47. The first-order valence-corrected chi connectivity index (χ1v) is 8.94. The Bertz CT molecular complexity index is 667. The maximum Gasteiger partial charge on any atom is 0.309 e. The molecule has 1 aromatic carbocycles. The van der Waals surface area contributed by atoms with Crippen LogP contribution in [-0.4, -0.2) is 42.5 Å². The molecule has 0 aliphatic heterocycles. The van der Waals surface area contributed by atoms with Crippen LogP contribution in [0.4, 0.5) is 0 Å². The molecule has 1 N–H and O–H groups in total. The van der Waals surface area contributed by atoms with E-state index < -0.39 is 5.54 Å². The summed E-state index contributed by atoms with van der Waals surface area (Å²) in [5.74, 6) is -0.618. The van der Waals surface area contributed by atoms with Crippen LogP contribution in [0.15, 0.2) is 30.3 Å². The number of nitrogens with zero attached hydrogens (tertiary/aromatic N) is 2. The van der Waals surface area contributed by atoms with E-state index in [4.69, 9.17) is 4.74 Å². The summed E-state index contributed by atoms with van der Waals surface area (Å²) < 4.78 is 4.80. The summed E-state index contributed by atoms with van der Waals surface area (Å²) in [6.45, 7) is 4.64. The number of carbonyl (C=O) groups excluding carboxylic acids is 2. The lowest BCUT2D eigenvalue weighted by atomic mass is 9.98. The number of nitrogens with one attached hydrogen (secondary N) is 1. The van der Waals surface area contributed by atoms with Gasteiger partial charge in [-0.15, -0.1) is 0 Å². The Hall–Kier alpha value is -2.39. The van der Waals surface area contributed by atoms with Crippen LogP contribution in [0, 0.1) is 23.2 Å². The van der Waals surface area contributed by atoms with E-state index in [1.165, 1.54) is 7.11 Å². The van der Waals surface area contributed by atoms with Crippen LogP contribution in [0.3, 0.4) is 0 Å². The van der Waals surface area contributed by atoms with Crippen LogP contribution < -0.4 is 5.32 Å². The zero-order chi connectivity index (χ0) is 19.2. The molecule has 26 heavy (non-hydrogen) atoms. The zero-order valence-electron chi connectivity index (χ0n) is 15.7. The van der Waals surface area contributed by atoms with Gasteiger partial charge >= 0.3 is 5.97 Å². The molecule has 0 unspecified atom stereocenters. The molecule has 140 valence electrons. The molecule has 1 fully saturated rings. The Balaban J connectivity index is 2.03. The molecule has 2 rings (SSSR count). The van der Waals surface area contributed by atoms with Crippen molar-refractivity contribution in [2.45, 2.75) is 38.8 Å². The van der Waals surface area contributed by atoms with Crippen LogP contribution in [0.1, 0.15) is 32.3 Å². The van der Waals surface area contributed by atoms with Crippen LogP contribution >= 0.6 is 0 Å². The standard InChI is InChI=1S/C20H27N3O3/c1-15(19(25)26-3)11-23(12-16-7-5-4-6-8-16)13-18(24)22-20(2,14-21)17-9-10-17/h4-8,15,17H,9-13H2,1-3H3,(H,22,24)/t15-,20+/m0/s1. The van der Waals surface area contributed by atoms with Crippen molar-refractivity contribution in [1.82, 2.24) is 10.2 Å². The van der Waals surface area contributed by atoms with Gasteiger partial charge in [0.2, 0.25) is 5.91 Å². The van der Waals surface area contributed by atoms with Gasteiger partial charge in [-0.2, -0.15) is 5.26 Å². The third-order valence-corrected chi connectivity index (χ3v) is 4.78. The fraction of sp³-hybridized carbons (Fsp3) is 0.550. The number of ether oxygens (including phenoxy) is 1. The van der Waals surface area contributed by atoms with E-state index in [1.807, 2.05) is 35.2 Å². The molecule has 1 aliphatic rings. The molecule has 1 aromatic rings.